The third kappa shape index (κ3) is 5.38. The zero-order valence-corrected chi connectivity index (χ0v) is 12.1. The highest BCUT2D eigenvalue weighted by atomic mass is 79.9. The van der Waals surface area contributed by atoms with Crippen LogP contribution < -0.4 is 0 Å². The molecule has 1 aromatic carbocycles. The minimum atomic E-state index is -4.69. The van der Waals surface area contributed by atoms with E-state index in [0.29, 0.717) is 4.47 Å². The molecule has 110 valence electrons. The Labute approximate surface area is 125 Å². The van der Waals surface area contributed by atoms with E-state index in [9.17, 15) is 22.8 Å². The predicted molar refractivity (Wildman–Crippen MR) is 68.7 cm³/mol. The van der Waals surface area contributed by atoms with Gasteiger partial charge in [0, 0.05) is 15.1 Å². The van der Waals surface area contributed by atoms with Crippen LogP contribution in [0.25, 0.3) is 0 Å². The van der Waals surface area contributed by atoms with E-state index in [1.54, 1.807) is 0 Å². The summed E-state index contributed by atoms with van der Waals surface area (Å²) in [7, 11) is 0. The summed E-state index contributed by atoms with van der Waals surface area (Å²) >= 11 is 8.75. The summed E-state index contributed by atoms with van der Waals surface area (Å²) in [5, 5.41) is 8.73. The molecule has 0 radical (unpaired) electrons. The molecule has 9 heteroatoms. The van der Waals surface area contributed by atoms with Crippen LogP contribution in [0.2, 0.25) is 5.02 Å². The molecule has 0 aliphatic heterocycles. The fourth-order valence-corrected chi connectivity index (χ4v) is 2.30. The van der Waals surface area contributed by atoms with Gasteiger partial charge in [0.15, 0.2) is 0 Å². The maximum Gasteiger partial charge on any atom is 0.406 e. The minimum Gasteiger partial charge on any atom is -0.480 e. The first-order valence-electron chi connectivity index (χ1n) is 5.12. The summed E-state index contributed by atoms with van der Waals surface area (Å²) in [6.45, 7) is -2.70. The summed E-state index contributed by atoms with van der Waals surface area (Å²) < 4.78 is 37.5. The second-order valence-corrected chi connectivity index (χ2v) is 5.18. The Morgan fingerprint density at radius 1 is 1.30 bits per heavy atom. The zero-order chi connectivity index (χ0) is 15.5. The predicted octanol–water partition coefficient (Wildman–Crippen LogP) is 3.19. The molecule has 0 aliphatic rings. The van der Waals surface area contributed by atoms with Crippen molar-refractivity contribution in [3.63, 3.8) is 0 Å². The Bertz CT molecular complexity index is 516. The normalized spacial score (nSPS) is 11.2. The molecular weight excluding hydrogens is 366 g/mol. The molecule has 0 fully saturated rings. The topological polar surface area (TPSA) is 57.6 Å². The molecular formula is C11H8BrClF3NO3. The van der Waals surface area contributed by atoms with Crippen LogP contribution in [-0.2, 0) is 4.79 Å². The average molecular weight is 375 g/mol. The fraction of sp³-hybridized carbons (Fsp3) is 0.273. The van der Waals surface area contributed by atoms with Gasteiger partial charge in [-0.15, -0.1) is 0 Å². The largest absolute Gasteiger partial charge is 0.480 e. The molecule has 0 aromatic heterocycles. The average Bonchev–Trinajstić information content (AvgIpc) is 2.23. The first-order chi connectivity index (χ1) is 9.08. The van der Waals surface area contributed by atoms with Crippen molar-refractivity contribution in [1.29, 1.82) is 0 Å². The number of hydrogen-bond acceptors (Lipinski definition) is 2. The van der Waals surface area contributed by atoms with Gasteiger partial charge in [-0.05, 0) is 18.2 Å². The number of aliphatic carboxylic acids is 1. The molecule has 0 saturated heterocycles. The molecule has 0 heterocycles. The highest BCUT2D eigenvalue weighted by molar-refractivity contribution is 9.10. The number of carboxylic acid groups (broad SMARTS) is 1. The van der Waals surface area contributed by atoms with Crippen molar-refractivity contribution in [2.75, 3.05) is 13.1 Å². The van der Waals surface area contributed by atoms with Crippen LogP contribution in [0, 0.1) is 0 Å². The van der Waals surface area contributed by atoms with Crippen molar-refractivity contribution >= 4 is 39.4 Å². The smallest absolute Gasteiger partial charge is 0.406 e. The molecule has 1 N–H and O–H groups in total. The van der Waals surface area contributed by atoms with E-state index in [0.717, 1.165) is 0 Å². The second kappa shape index (κ2) is 6.45. The van der Waals surface area contributed by atoms with Crippen molar-refractivity contribution in [1.82, 2.24) is 4.90 Å². The van der Waals surface area contributed by atoms with Gasteiger partial charge in [-0.25, -0.2) is 0 Å². The van der Waals surface area contributed by atoms with Crippen molar-refractivity contribution in [2.45, 2.75) is 6.18 Å². The number of nitrogens with zero attached hydrogens (tertiary/aromatic N) is 1. The number of benzene rings is 1. The van der Waals surface area contributed by atoms with Crippen LogP contribution in [0.4, 0.5) is 13.2 Å². The van der Waals surface area contributed by atoms with Crippen molar-refractivity contribution in [3.05, 3.63) is 33.3 Å². The number of carbonyl (C=O) groups is 2. The quantitative estimate of drug-likeness (QED) is 0.880. The summed E-state index contributed by atoms with van der Waals surface area (Å²) in [5.41, 5.74) is -0.130. The molecule has 0 unspecified atom stereocenters. The number of carbonyl (C=O) groups excluding carboxylic acids is 1. The van der Waals surface area contributed by atoms with Crippen LogP contribution in [0.1, 0.15) is 10.4 Å². The second-order valence-electron chi connectivity index (χ2n) is 3.83. The van der Waals surface area contributed by atoms with Crippen LogP contribution in [0.3, 0.4) is 0 Å². The summed E-state index contributed by atoms with van der Waals surface area (Å²) in [4.78, 5) is 22.7. The Kier molecular flexibility index (Phi) is 5.41. The first kappa shape index (κ1) is 16.8. The van der Waals surface area contributed by atoms with E-state index in [1.165, 1.54) is 18.2 Å². The van der Waals surface area contributed by atoms with Gasteiger partial charge < -0.3 is 10.0 Å². The molecule has 0 saturated carbocycles. The number of carboxylic acids is 1. The molecule has 0 bridgehead atoms. The van der Waals surface area contributed by atoms with Crippen molar-refractivity contribution < 1.29 is 27.9 Å². The summed E-state index contributed by atoms with van der Waals surface area (Å²) in [6, 6.07) is 3.88. The lowest BCUT2D eigenvalue weighted by atomic mass is 10.2. The molecule has 1 amide bonds. The molecule has 0 spiro atoms. The van der Waals surface area contributed by atoms with E-state index < -0.39 is 31.1 Å². The van der Waals surface area contributed by atoms with Crippen LogP contribution in [0.5, 0.6) is 0 Å². The fourth-order valence-electron chi connectivity index (χ4n) is 1.44. The summed E-state index contributed by atoms with van der Waals surface area (Å²) in [5.74, 6) is -2.60. The van der Waals surface area contributed by atoms with Gasteiger partial charge in [0.25, 0.3) is 5.91 Å². The lowest BCUT2D eigenvalue weighted by Gasteiger charge is -2.22. The van der Waals surface area contributed by atoms with Gasteiger partial charge in [0.2, 0.25) is 0 Å². The number of amides is 1. The van der Waals surface area contributed by atoms with E-state index >= 15 is 0 Å². The van der Waals surface area contributed by atoms with Gasteiger partial charge >= 0.3 is 12.1 Å². The number of rotatable bonds is 4. The van der Waals surface area contributed by atoms with Gasteiger partial charge in [-0.3, -0.25) is 9.59 Å². The molecule has 4 nitrogen and oxygen atoms in total. The third-order valence-electron chi connectivity index (χ3n) is 2.09. The number of halogens is 5. The maximum atomic E-state index is 12.4. The monoisotopic (exact) mass is 373 g/mol. The summed E-state index contributed by atoms with van der Waals surface area (Å²) in [6.07, 6.45) is -4.69. The highest BCUT2D eigenvalue weighted by Gasteiger charge is 2.34. The van der Waals surface area contributed by atoms with Gasteiger partial charge in [0.05, 0.1) is 0 Å². The molecule has 20 heavy (non-hydrogen) atoms. The van der Waals surface area contributed by atoms with E-state index in [-0.39, 0.29) is 15.5 Å². The van der Waals surface area contributed by atoms with Gasteiger partial charge in [-0.1, -0.05) is 27.5 Å². The van der Waals surface area contributed by atoms with E-state index in [2.05, 4.69) is 15.9 Å². The lowest BCUT2D eigenvalue weighted by Crippen LogP contribution is -2.42. The SMILES string of the molecule is O=C(O)CN(CC(F)(F)F)C(=O)c1cc(Cl)cc(Br)c1. The number of alkyl halides is 3. The van der Waals surface area contributed by atoms with Crippen molar-refractivity contribution in [3.8, 4) is 0 Å². The van der Waals surface area contributed by atoms with Crippen molar-refractivity contribution in [2.24, 2.45) is 0 Å². The lowest BCUT2D eigenvalue weighted by molar-refractivity contribution is -0.149. The molecule has 0 aliphatic carbocycles. The van der Waals surface area contributed by atoms with Crippen LogP contribution in [0.15, 0.2) is 22.7 Å². The Morgan fingerprint density at radius 2 is 1.90 bits per heavy atom. The molecule has 1 aromatic rings. The Balaban J connectivity index is 3.06. The van der Waals surface area contributed by atoms with Gasteiger partial charge in [-0.2, -0.15) is 13.2 Å². The molecule has 1 rings (SSSR count). The minimum absolute atomic E-state index is 0.130. The molecule has 0 atom stereocenters. The Hall–Kier alpha value is -1.28. The highest BCUT2D eigenvalue weighted by Crippen LogP contribution is 2.22. The first-order valence-corrected chi connectivity index (χ1v) is 6.29. The third-order valence-corrected chi connectivity index (χ3v) is 2.77. The standard InChI is InChI=1S/C11H8BrClF3NO3/c12-7-1-6(2-8(13)3-7)10(20)17(4-9(18)19)5-11(14,15)16/h1-3H,4-5H2,(H,18,19). The maximum absolute atomic E-state index is 12.4. The van der Waals surface area contributed by atoms with E-state index in [4.69, 9.17) is 16.7 Å². The zero-order valence-electron chi connectivity index (χ0n) is 9.75. The Morgan fingerprint density at radius 3 is 2.35 bits per heavy atom. The van der Waals surface area contributed by atoms with Gasteiger partial charge in [0.1, 0.15) is 13.1 Å². The van der Waals surface area contributed by atoms with Crippen LogP contribution >= 0.6 is 27.5 Å². The van der Waals surface area contributed by atoms with Crippen LogP contribution in [-0.4, -0.2) is 41.1 Å². The van der Waals surface area contributed by atoms with E-state index in [1.807, 2.05) is 0 Å². The number of hydrogen-bond donors (Lipinski definition) is 1.